The van der Waals surface area contributed by atoms with Gasteiger partial charge >= 0.3 is 6.09 Å². The summed E-state index contributed by atoms with van der Waals surface area (Å²) in [5.74, 6) is 0. The van der Waals surface area contributed by atoms with Crippen molar-refractivity contribution in [1.29, 1.82) is 0 Å². The van der Waals surface area contributed by atoms with Crippen molar-refractivity contribution in [3.8, 4) is 0 Å². The summed E-state index contributed by atoms with van der Waals surface area (Å²) in [6, 6.07) is 0.567. The highest BCUT2D eigenvalue weighted by molar-refractivity contribution is 5.69. The highest BCUT2D eigenvalue weighted by atomic mass is 16.6. The molecule has 1 amide bonds. The zero-order chi connectivity index (χ0) is 11.1. The maximum Gasteiger partial charge on any atom is 0.410 e. The number of likely N-dealkylation sites (tertiary alicyclic amines) is 1. The maximum absolute atomic E-state index is 11.8. The fraction of sp³-hybridized carbons (Fsp3) is 0.727. The molecule has 4 heteroatoms. The quantitative estimate of drug-likeness (QED) is 0.658. The van der Waals surface area contributed by atoms with Gasteiger partial charge in [-0.15, -0.1) is 0 Å². The van der Waals surface area contributed by atoms with Gasteiger partial charge in [-0.1, -0.05) is 0 Å². The van der Waals surface area contributed by atoms with E-state index in [1.807, 2.05) is 33.0 Å². The number of nitrogens with zero attached hydrogens (tertiary/aromatic N) is 1. The van der Waals surface area contributed by atoms with E-state index < -0.39 is 5.60 Å². The zero-order valence-corrected chi connectivity index (χ0v) is 9.49. The first-order valence-corrected chi connectivity index (χ1v) is 5.40. The molecule has 0 bridgehead atoms. The van der Waals surface area contributed by atoms with Crippen LogP contribution in [-0.4, -0.2) is 35.2 Å². The first-order chi connectivity index (χ1) is 6.97. The summed E-state index contributed by atoms with van der Waals surface area (Å²) in [5.41, 5.74) is -0.412. The molecule has 2 aliphatic heterocycles. The molecular weight excluding hydrogens is 192 g/mol. The van der Waals surface area contributed by atoms with Gasteiger partial charge in [-0.05, 0) is 39.5 Å². The molecule has 0 radical (unpaired) electrons. The number of carbonyl (C=O) groups excluding carboxylic acids is 1. The third-order valence-electron chi connectivity index (χ3n) is 2.68. The predicted octanol–water partition coefficient (Wildman–Crippen LogP) is 1.48. The Kier molecular flexibility index (Phi) is 2.37. The van der Waals surface area contributed by atoms with Gasteiger partial charge in [0.15, 0.2) is 0 Å². The van der Waals surface area contributed by atoms with Crippen molar-refractivity contribution < 1.29 is 9.53 Å². The fourth-order valence-electron chi connectivity index (χ4n) is 2.05. The third-order valence-corrected chi connectivity index (χ3v) is 2.68. The summed E-state index contributed by atoms with van der Waals surface area (Å²) in [5, 5.41) is 3.24. The average molecular weight is 210 g/mol. The van der Waals surface area contributed by atoms with E-state index in [4.69, 9.17) is 4.74 Å². The minimum atomic E-state index is -0.412. The van der Waals surface area contributed by atoms with Crippen LogP contribution in [0.3, 0.4) is 0 Å². The molecule has 0 aliphatic carbocycles. The first kappa shape index (κ1) is 10.3. The molecule has 0 spiro atoms. The van der Waals surface area contributed by atoms with Crippen LogP contribution in [0.4, 0.5) is 4.79 Å². The molecule has 2 aliphatic rings. The van der Waals surface area contributed by atoms with Crippen molar-refractivity contribution in [2.45, 2.75) is 44.9 Å². The number of carbonyl (C=O) groups is 1. The van der Waals surface area contributed by atoms with E-state index in [1.165, 1.54) is 0 Å². The molecule has 1 saturated heterocycles. The number of amides is 1. The van der Waals surface area contributed by atoms with Crippen molar-refractivity contribution in [3.63, 3.8) is 0 Å². The molecule has 2 atom stereocenters. The van der Waals surface area contributed by atoms with E-state index in [0.717, 1.165) is 13.0 Å². The molecule has 1 N–H and O–H groups in total. The van der Waals surface area contributed by atoms with E-state index >= 15 is 0 Å². The summed E-state index contributed by atoms with van der Waals surface area (Å²) in [4.78, 5) is 13.6. The Morgan fingerprint density at radius 2 is 2.27 bits per heavy atom. The molecular formula is C11H18N2O2. The smallest absolute Gasteiger partial charge is 0.410 e. The van der Waals surface area contributed by atoms with E-state index in [2.05, 4.69) is 5.32 Å². The molecule has 0 aromatic rings. The van der Waals surface area contributed by atoms with Crippen LogP contribution in [0, 0.1) is 0 Å². The van der Waals surface area contributed by atoms with Gasteiger partial charge in [-0.3, -0.25) is 4.90 Å². The molecule has 4 nitrogen and oxygen atoms in total. The molecule has 0 saturated carbocycles. The Morgan fingerprint density at radius 3 is 2.93 bits per heavy atom. The lowest BCUT2D eigenvalue weighted by Crippen LogP contribution is -2.41. The van der Waals surface area contributed by atoms with Gasteiger partial charge < -0.3 is 10.1 Å². The van der Waals surface area contributed by atoms with Crippen LogP contribution in [0.25, 0.3) is 0 Å². The Morgan fingerprint density at radius 1 is 1.53 bits per heavy atom. The van der Waals surface area contributed by atoms with Gasteiger partial charge in [0.1, 0.15) is 5.60 Å². The van der Waals surface area contributed by atoms with Gasteiger partial charge in [-0.2, -0.15) is 0 Å². The van der Waals surface area contributed by atoms with E-state index in [0.29, 0.717) is 6.04 Å². The van der Waals surface area contributed by atoms with Crippen LogP contribution in [-0.2, 0) is 4.74 Å². The second-order valence-corrected chi connectivity index (χ2v) is 5.09. The fourth-order valence-corrected chi connectivity index (χ4v) is 2.05. The lowest BCUT2D eigenvalue weighted by molar-refractivity contribution is 0.0253. The Hall–Kier alpha value is -1.19. The van der Waals surface area contributed by atoms with Crippen LogP contribution in [0.15, 0.2) is 12.3 Å². The number of hydrogen-bond acceptors (Lipinski definition) is 3. The summed E-state index contributed by atoms with van der Waals surface area (Å²) >= 11 is 0. The van der Waals surface area contributed by atoms with Gasteiger partial charge in [0.05, 0.1) is 12.1 Å². The Bertz CT molecular complexity index is 293. The van der Waals surface area contributed by atoms with Crippen molar-refractivity contribution in [2.75, 3.05) is 6.54 Å². The zero-order valence-electron chi connectivity index (χ0n) is 9.49. The number of fused-ring (bicyclic) bond motifs is 1. The topological polar surface area (TPSA) is 41.6 Å². The highest BCUT2D eigenvalue weighted by Gasteiger charge is 2.39. The van der Waals surface area contributed by atoms with Gasteiger partial charge in [0.25, 0.3) is 0 Å². The molecule has 2 rings (SSSR count). The third kappa shape index (κ3) is 2.08. The summed E-state index contributed by atoms with van der Waals surface area (Å²) in [6.07, 6.45) is 4.74. The number of hydrogen-bond donors (Lipinski definition) is 1. The van der Waals surface area contributed by atoms with Crippen LogP contribution in [0.5, 0.6) is 0 Å². The number of nitrogens with one attached hydrogen (secondary N) is 1. The second-order valence-electron chi connectivity index (χ2n) is 5.09. The molecule has 15 heavy (non-hydrogen) atoms. The van der Waals surface area contributed by atoms with Crippen molar-refractivity contribution in [1.82, 2.24) is 10.2 Å². The molecule has 0 unspecified atom stereocenters. The normalized spacial score (nSPS) is 28.9. The van der Waals surface area contributed by atoms with E-state index in [1.54, 1.807) is 4.90 Å². The molecule has 1 fully saturated rings. The van der Waals surface area contributed by atoms with Crippen LogP contribution in [0.1, 0.15) is 27.2 Å². The summed E-state index contributed by atoms with van der Waals surface area (Å²) < 4.78 is 5.36. The summed E-state index contributed by atoms with van der Waals surface area (Å²) in [7, 11) is 0. The van der Waals surface area contributed by atoms with Crippen LogP contribution >= 0.6 is 0 Å². The monoisotopic (exact) mass is 210 g/mol. The maximum atomic E-state index is 11.8. The number of rotatable bonds is 0. The standard InChI is InChI=1S/C11H18N2O2/c1-11(2,3)15-10(14)13-7-5-8-9(13)4-6-12-8/h4,6,8-9,12H,5,7H2,1-3H3/t8-,9+/m1/s1. The lowest BCUT2D eigenvalue weighted by Gasteiger charge is -2.27. The second kappa shape index (κ2) is 3.43. The van der Waals surface area contributed by atoms with Gasteiger partial charge in [0, 0.05) is 6.54 Å². The van der Waals surface area contributed by atoms with Gasteiger partial charge in [-0.25, -0.2) is 4.79 Å². The van der Waals surface area contributed by atoms with Crippen molar-refractivity contribution >= 4 is 6.09 Å². The van der Waals surface area contributed by atoms with Crippen LogP contribution in [0.2, 0.25) is 0 Å². The number of ether oxygens (including phenoxy) is 1. The van der Waals surface area contributed by atoms with Crippen LogP contribution < -0.4 is 5.32 Å². The molecule has 2 heterocycles. The minimum Gasteiger partial charge on any atom is -0.444 e. The Labute approximate surface area is 90.3 Å². The van der Waals surface area contributed by atoms with Crippen molar-refractivity contribution in [2.24, 2.45) is 0 Å². The highest BCUT2D eigenvalue weighted by Crippen LogP contribution is 2.24. The Balaban J connectivity index is 1.99. The molecule has 0 aromatic carbocycles. The largest absolute Gasteiger partial charge is 0.444 e. The van der Waals surface area contributed by atoms with E-state index in [9.17, 15) is 4.79 Å². The van der Waals surface area contributed by atoms with E-state index in [-0.39, 0.29) is 12.1 Å². The van der Waals surface area contributed by atoms with Crippen molar-refractivity contribution in [3.05, 3.63) is 12.3 Å². The first-order valence-electron chi connectivity index (χ1n) is 5.40. The predicted molar refractivity (Wildman–Crippen MR) is 57.4 cm³/mol. The average Bonchev–Trinajstić information content (AvgIpc) is 2.57. The minimum absolute atomic E-state index is 0.180. The SMILES string of the molecule is CC(C)(C)OC(=O)N1CC[C@H]2NC=C[C@@H]21. The summed E-state index contributed by atoms with van der Waals surface area (Å²) in [6.45, 7) is 6.45. The molecule has 0 aromatic heterocycles. The lowest BCUT2D eigenvalue weighted by atomic mass is 10.2. The molecule has 84 valence electrons. The van der Waals surface area contributed by atoms with Gasteiger partial charge in [0.2, 0.25) is 0 Å².